The van der Waals surface area contributed by atoms with Crippen LogP contribution in [0.2, 0.25) is 0 Å². The van der Waals surface area contributed by atoms with Gasteiger partial charge in [0.15, 0.2) is 0 Å². The SMILES string of the molecule is O=C(c1ccccc1)N(C(=O)c1ccccc1)c1nc(=O)cc(-c2ccccc2)o1. The number of aromatic nitrogens is 1. The first-order valence-corrected chi connectivity index (χ1v) is 9.20. The number of benzene rings is 3. The highest BCUT2D eigenvalue weighted by molar-refractivity contribution is 6.24. The van der Waals surface area contributed by atoms with Crippen molar-refractivity contribution in [2.45, 2.75) is 0 Å². The van der Waals surface area contributed by atoms with E-state index in [1.807, 2.05) is 6.07 Å². The zero-order valence-corrected chi connectivity index (χ0v) is 15.8. The molecule has 30 heavy (non-hydrogen) atoms. The fraction of sp³-hybridized carbons (Fsp3) is 0. The lowest BCUT2D eigenvalue weighted by Crippen LogP contribution is -2.38. The Morgan fingerprint density at radius 3 is 1.67 bits per heavy atom. The summed E-state index contributed by atoms with van der Waals surface area (Å²) in [6.07, 6.45) is 0. The van der Waals surface area contributed by atoms with Crippen LogP contribution in [0.15, 0.2) is 106 Å². The summed E-state index contributed by atoms with van der Waals surface area (Å²) in [7, 11) is 0. The van der Waals surface area contributed by atoms with Crippen molar-refractivity contribution in [3.8, 4) is 11.3 Å². The summed E-state index contributed by atoms with van der Waals surface area (Å²) >= 11 is 0. The molecule has 6 heteroatoms. The molecule has 0 aliphatic rings. The second-order valence-corrected chi connectivity index (χ2v) is 6.39. The highest BCUT2D eigenvalue weighted by atomic mass is 16.4. The Balaban J connectivity index is 1.86. The summed E-state index contributed by atoms with van der Waals surface area (Å²) in [5.74, 6) is -1.09. The maximum atomic E-state index is 13.2. The van der Waals surface area contributed by atoms with Gasteiger partial charge in [0.25, 0.3) is 17.4 Å². The zero-order valence-electron chi connectivity index (χ0n) is 15.8. The molecule has 0 fully saturated rings. The van der Waals surface area contributed by atoms with Gasteiger partial charge >= 0.3 is 6.01 Å². The van der Waals surface area contributed by atoms with Crippen molar-refractivity contribution < 1.29 is 14.0 Å². The molecule has 1 heterocycles. The van der Waals surface area contributed by atoms with E-state index in [-0.39, 0.29) is 22.9 Å². The van der Waals surface area contributed by atoms with Crippen LogP contribution in [0, 0.1) is 0 Å². The van der Waals surface area contributed by atoms with E-state index >= 15 is 0 Å². The number of amides is 2. The topological polar surface area (TPSA) is 80.5 Å². The number of nitrogens with zero attached hydrogens (tertiary/aromatic N) is 2. The average molecular weight is 396 g/mol. The van der Waals surface area contributed by atoms with Gasteiger partial charge in [0, 0.05) is 22.8 Å². The number of hydrogen-bond donors (Lipinski definition) is 0. The van der Waals surface area contributed by atoms with Crippen molar-refractivity contribution in [1.29, 1.82) is 0 Å². The van der Waals surface area contributed by atoms with Gasteiger partial charge in [-0.25, -0.2) is 0 Å². The summed E-state index contributed by atoms with van der Waals surface area (Å²) in [4.78, 5) is 43.3. The van der Waals surface area contributed by atoms with Gasteiger partial charge in [0.05, 0.1) is 0 Å². The third kappa shape index (κ3) is 3.93. The van der Waals surface area contributed by atoms with Crippen LogP contribution in [0.1, 0.15) is 20.7 Å². The molecule has 0 atom stereocenters. The Hall–Kier alpha value is -4.32. The third-order valence-electron chi connectivity index (χ3n) is 4.36. The first kappa shape index (κ1) is 19.0. The van der Waals surface area contributed by atoms with Crippen molar-refractivity contribution in [3.63, 3.8) is 0 Å². The molecular formula is C24H16N2O4. The third-order valence-corrected chi connectivity index (χ3v) is 4.36. The minimum atomic E-state index is -0.648. The van der Waals surface area contributed by atoms with Crippen molar-refractivity contribution in [2.24, 2.45) is 0 Å². The number of imide groups is 1. The molecular weight excluding hydrogens is 380 g/mol. The largest absolute Gasteiger partial charge is 0.424 e. The summed E-state index contributed by atoms with van der Waals surface area (Å²) in [6, 6.07) is 26.3. The molecule has 146 valence electrons. The highest BCUT2D eigenvalue weighted by Gasteiger charge is 2.30. The zero-order chi connectivity index (χ0) is 20.9. The van der Waals surface area contributed by atoms with E-state index in [1.54, 1.807) is 84.9 Å². The van der Waals surface area contributed by atoms with Crippen molar-refractivity contribution in [2.75, 3.05) is 4.90 Å². The molecule has 6 nitrogen and oxygen atoms in total. The van der Waals surface area contributed by atoms with Gasteiger partial charge < -0.3 is 4.42 Å². The van der Waals surface area contributed by atoms with E-state index in [9.17, 15) is 14.4 Å². The molecule has 0 radical (unpaired) electrons. The van der Waals surface area contributed by atoms with E-state index in [4.69, 9.17) is 4.42 Å². The fourth-order valence-corrected chi connectivity index (χ4v) is 2.92. The lowest BCUT2D eigenvalue weighted by molar-refractivity contribution is 0.0889. The van der Waals surface area contributed by atoms with Crippen LogP contribution >= 0.6 is 0 Å². The van der Waals surface area contributed by atoms with Gasteiger partial charge in [-0.3, -0.25) is 14.4 Å². The fourth-order valence-electron chi connectivity index (χ4n) is 2.92. The first-order valence-electron chi connectivity index (χ1n) is 9.20. The second kappa shape index (κ2) is 8.36. The Morgan fingerprint density at radius 1 is 0.700 bits per heavy atom. The molecule has 0 saturated heterocycles. The number of hydrogen-bond acceptors (Lipinski definition) is 5. The van der Waals surface area contributed by atoms with Crippen LogP contribution in [0.3, 0.4) is 0 Å². The standard InChI is InChI=1S/C24H16N2O4/c27-21-16-20(17-10-4-1-5-11-17)30-24(25-21)26(22(28)18-12-6-2-7-13-18)23(29)19-14-8-3-9-15-19/h1-16H. The van der Waals surface area contributed by atoms with Crippen LogP contribution in [0.25, 0.3) is 11.3 Å². The molecule has 0 bridgehead atoms. The average Bonchev–Trinajstić information content (AvgIpc) is 2.80. The lowest BCUT2D eigenvalue weighted by Gasteiger charge is -2.19. The van der Waals surface area contributed by atoms with Crippen LogP contribution < -0.4 is 10.5 Å². The predicted octanol–water partition coefficient (Wildman–Crippen LogP) is 4.19. The smallest absolute Gasteiger partial charge is 0.315 e. The molecule has 0 aliphatic heterocycles. The van der Waals surface area contributed by atoms with Gasteiger partial charge in [0.1, 0.15) is 5.76 Å². The molecule has 0 aliphatic carbocycles. The van der Waals surface area contributed by atoms with Crippen LogP contribution in [0.4, 0.5) is 6.01 Å². The quantitative estimate of drug-likeness (QED) is 0.483. The maximum absolute atomic E-state index is 13.2. The van der Waals surface area contributed by atoms with Crippen LogP contribution in [-0.4, -0.2) is 16.8 Å². The molecule has 2 amide bonds. The molecule has 0 unspecified atom stereocenters. The summed E-state index contributed by atoms with van der Waals surface area (Å²) in [5, 5.41) is 0. The van der Waals surface area contributed by atoms with E-state index < -0.39 is 17.4 Å². The summed E-state index contributed by atoms with van der Waals surface area (Å²) < 4.78 is 5.76. The van der Waals surface area contributed by atoms with Gasteiger partial charge in [-0.05, 0) is 24.3 Å². The van der Waals surface area contributed by atoms with E-state index in [0.29, 0.717) is 5.56 Å². The van der Waals surface area contributed by atoms with Crippen LogP contribution in [0.5, 0.6) is 0 Å². The normalized spacial score (nSPS) is 10.4. The number of carbonyl (C=O) groups excluding carboxylic acids is 2. The van der Waals surface area contributed by atoms with Gasteiger partial charge in [-0.1, -0.05) is 66.7 Å². The summed E-state index contributed by atoms with van der Waals surface area (Å²) in [6.45, 7) is 0. The molecule has 4 aromatic rings. The molecule has 0 N–H and O–H groups in total. The Bertz CT molecular complexity index is 1180. The predicted molar refractivity (Wildman–Crippen MR) is 112 cm³/mol. The monoisotopic (exact) mass is 396 g/mol. The lowest BCUT2D eigenvalue weighted by atomic mass is 10.1. The second-order valence-electron chi connectivity index (χ2n) is 6.39. The van der Waals surface area contributed by atoms with Crippen molar-refractivity contribution in [3.05, 3.63) is 119 Å². The number of anilines is 1. The van der Waals surface area contributed by atoms with Gasteiger partial charge in [0.2, 0.25) is 0 Å². The molecule has 0 spiro atoms. The Kier molecular flexibility index (Phi) is 5.30. The number of rotatable bonds is 4. The van der Waals surface area contributed by atoms with Crippen LogP contribution in [-0.2, 0) is 0 Å². The first-order chi connectivity index (χ1) is 14.6. The number of carbonyl (C=O) groups is 2. The van der Waals surface area contributed by atoms with Crippen molar-refractivity contribution in [1.82, 2.24) is 4.98 Å². The van der Waals surface area contributed by atoms with E-state index in [2.05, 4.69) is 4.98 Å². The van der Waals surface area contributed by atoms with E-state index in [1.165, 1.54) is 6.07 Å². The molecule has 3 aromatic carbocycles. The van der Waals surface area contributed by atoms with E-state index in [0.717, 1.165) is 4.90 Å². The Morgan fingerprint density at radius 2 is 1.17 bits per heavy atom. The van der Waals surface area contributed by atoms with Gasteiger partial charge in [-0.15, -0.1) is 0 Å². The molecule has 0 saturated carbocycles. The van der Waals surface area contributed by atoms with Crippen molar-refractivity contribution >= 4 is 17.8 Å². The van der Waals surface area contributed by atoms with Gasteiger partial charge in [-0.2, -0.15) is 9.88 Å². The maximum Gasteiger partial charge on any atom is 0.315 e. The minimum Gasteiger partial charge on any atom is -0.424 e. The minimum absolute atomic E-state index is 0.206. The molecule has 1 aromatic heterocycles. The Labute approximate surface area is 172 Å². The molecule has 4 rings (SSSR count). The highest BCUT2D eigenvalue weighted by Crippen LogP contribution is 2.24. The summed E-state index contributed by atoms with van der Waals surface area (Å²) in [5.41, 5.74) is 0.520.